The Kier molecular flexibility index (Phi) is 3.23. The van der Waals surface area contributed by atoms with Gasteiger partial charge in [0, 0.05) is 37.7 Å². The predicted molar refractivity (Wildman–Crippen MR) is 73.8 cm³/mol. The second-order valence-corrected chi connectivity index (χ2v) is 4.56. The fourth-order valence-corrected chi connectivity index (χ4v) is 2.10. The maximum atomic E-state index is 5.39. The molecule has 0 saturated carbocycles. The molecule has 2 aromatic rings. The molecule has 4 heteroatoms. The van der Waals surface area contributed by atoms with Crippen LogP contribution in [0.4, 0.5) is 5.69 Å². The third-order valence-corrected chi connectivity index (χ3v) is 3.28. The fraction of sp³-hybridized carbons (Fsp3) is 0.267. The minimum Gasteiger partial charge on any atom is -0.454 e. The monoisotopic (exact) mass is 256 g/mol. The van der Waals surface area contributed by atoms with E-state index >= 15 is 0 Å². The van der Waals surface area contributed by atoms with Crippen molar-refractivity contribution in [2.24, 2.45) is 0 Å². The third-order valence-electron chi connectivity index (χ3n) is 3.28. The van der Waals surface area contributed by atoms with Crippen molar-refractivity contribution in [1.29, 1.82) is 0 Å². The van der Waals surface area contributed by atoms with E-state index in [0.29, 0.717) is 6.79 Å². The zero-order valence-corrected chi connectivity index (χ0v) is 10.9. The number of ether oxygens (including phenoxy) is 2. The van der Waals surface area contributed by atoms with Crippen LogP contribution in [0.3, 0.4) is 0 Å². The Labute approximate surface area is 112 Å². The number of nitrogens with zero attached hydrogens (tertiary/aromatic N) is 2. The Morgan fingerprint density at radius 3 is 2.74 bits per heavy atom. The normalized spacial score (nSPS) is 12.5. The van der Waals surface area contributed by atoms with E-state index in [-0.39, 0.29) is 0 Å². The quantitative estimate of drug-likeness (QED) is 0.841. The van der Waals surface area contributed by atoms with Crippen molar-refractivity contribution in [3.63, 3.8) is 0 Å². The van der Waals surface area contributed by atoms with Crippen LogP contribution in [0.2, 0.25) is 0 Å². The highest BCUT2D eigenvalue weighted by Gasteiger charge is 2.14. The van der Waals surface area contributed by atoms with Crippen molar-refractivity contribution in [2.45, 2.75) is 6.42 Å². The molecule has 0 bridgehead atoms. The summed E-state index contributed by atoms with van der Waals surface area (Å²) in [6.07, 6.45) is 4.65. The van der Waals surface area contributed by atoms with Gasteiger partial charge in [0.15, 0.2) is 11.5 Å². The molecule has 0 radical (unpaired) electrons. The lowest BCUT2D eigenvalue weighted by atomic mass is 10.2. The van der Waals surface area contributed by atoms with Crippen LogP contribution >= 0.6 is 0 Å². The maximum absolute atomic E-state index is 5.39. The number of benzene rings is 1. The Hall–Kier alpha value is -2.23. The van der Waals surface area contributed by atoms with Crippen LogP contribution in [0.15, 0.2) is 42.7 Å². The molecule has 0 N–H and O–H groups in total. The van der Waals surface area contributed by atoms with Crippen LogP contribution in [0.5, 0.6) is 11.5 Å². The molecule has 0 aliphatic carbocycles. The number of rotatable bonds is 4. The van der Waals surface area contributed by atoms with E-state index in [1.54, 1.807) is 0 Å². The van der Waals surface area contributed by atoms with Crippen molar-refractivity contribution < 1.29 is 9.47 Å². The van der Waals surface area contributed by atoms with Crippen molar-refractivity contribution in [1.82, 2.24) is 4.98 Å². The van der Waals surface area contributed by atoms with Crippen molar-refractivity contribution in [2.75, 3.05) is 25.3 Å². The number of likely N-dealkylation sites (N-methyl/N-ethyl adjacent to an activating group) is 1. The molecular weight excluding hydrogens is 240 g/mol. The summed E-state index contributed by atoms with van der Waals surface area (Å²) in [4.78, 5) is 6.24. The summed E-state index contributed by atoms with van der Waals surface area (Å²) in [5.74, 6) is 1.65. The molecular formula is C15H16N2O2. The van der Waals surface area contributed by atoms with Gasteiger partial charge in [-0.15, -0.1) is 0 Å². The van der Waals surface area contributed by atoms with Crippen molar-refractivity contribution >= 4 is 5.69 Å². The molecule has 0 spiro atoms. The molecule has 0 fully saturated rings. The molecule has 3 rings (SSSR count). The maximum Gasteiger partial charge on any atom is 0.231 e. The van der Waals surface area contributed by atoms with E-state index in [1.807, 2.05) is 36.7 Å². The summed E-state index contributed by atoms with van der Waals surface area (Å²) in [5.41, 5.74) is 2.43. The third kappa shape index (κ3) is 2.62. The lowest BCUT2D eigenvalue weighted by Crippen LogP contribution is -2.20. The van der Waals surface area contributed by atoms with Gasteiger partial charge >= 0.3 is 0 Å². The van der Waals surface area contributed by atoms with E-state index in [0.717, 1.165) is 30.2 Å². The van der Waals surface area contributed by atoms with Crippen LogP contribution in [0.25, 0.3) is 0 Å². The highest BCUT2D eigenvalue weighted by atomic mass is 16.7. The smallest absolute Gasteiger partial charge is 0.231 e. The van der Waals surface area contributed by atoms with Gasteiger partial charge in [-0.05, 0) is 36.2 Å². The Balaban J connectivity index is 1.65. The molecule has 2 heterocycles. The minimum absolute atomic E-state index is 0.319. The van der Waals surface area contributed by atoms with E-state index in [1.165, 1.54) is 5.56 Å². The van der Waals surface area contributed by atoms with Gasteiger partial charge in [0.05, 0.1) is 0 Å². The largest absolute Gasteiger partial charge is 0.454 e. The summed E-state index contributed by atoms with van der Waals surface area (Å²) in [6.45, 7) is 1.27. The van der Waals surface area contributed by atoms with Crippen LogP contribution in [-0.4, -0.2) is 25.4 Å². The van der Waals surface area contributed by atoms with Gasteiger partial charge in [0.1, 0.15) is 0 Å². The average Bonchev–Trinajstić information content (AvgIpc) is 2.93. The average molecular weight is 256 g/mol. The number of hydrogen-bond acceptors (Lipinski definition) is 4. The molecule has 98 valence electrons. The molecule has 1 aliphatic heterocycles. The van der Waals surface area contributed by atoms with Gasteiger partial charge in [-0.2, -0.15) is 0 Å². The Morgan fingerprint density at radius 2 is 1.89 bits per heavy atom. The SMILES string of the molecule is CN(CCc1ccncc1)c1ccc2c(c1)OCO2. The first kappa shape index (κ1) is 11.8. The second kappa shape index (κ2) is 5.18. The number of fused-ring (bicyclic) bond motifs is 1. The van der Waals surface area contributed by atoms with E-state index in [2.05, 4.69) is 23.0 Å². The molecule has 1 aromatic heterocycles. The summed E-state index contributed by atoms with van der Waals surface area (Å²) in [6, 6.07) is 10.1. The topological polar surface area (TPSA) is 34.6 Å². The van der Waals surface area contributed by atoms with Gasteiger partial charge < -0.3 is 14.4 Å². The van der Waals surface area contributed by atoms with Gasteiger partial charge in [0.25, 0.3) is 0 Å². The highest BCUT2D eigenvalue weighted by Crippen LogP contribution is 2.35. The summed E-state index contributed by atoms with van der Waals surface area (Å²) < 4.78 is 10.7. The van der Waals surface area contributed by atoms with Crippen LogP contribution < -0.4 is 14.4 Å². The van der Waals surface area contributed by atoms with Gasteiger partial charge in [-0.1, -0.05) is 0 Å². The first-order valence-electron chi connectivity index (χ1n) is 6.32. The Morgan fingerprint density at radius 1 is 1.11 bits per heavy atom. The fourth-order valence-electron chi connectivity index (χ4n) is 2.10. The standard InChI is InChI=1S/C15H16N2O2/c1-17(9-6-12-4-7-16-8-5-12)13-2-3-14-15(10-13)19-11-18-14/h2-5,7-8,10H,6,9,11H2,1H3. The minimum atomic E-state index is 0.319. The molecule has 1 aromatic carbocycles. The molecule has 0 atom stereocenters. The highest BCUT2D eigenvalue weighted by molar-refractivity contribution is 5.56. The van der Waals surface area contributed by atoms with E-state index in [4.69, 9.17) is 9.47 Å². The lowest BCUT2D eigenvalue weighted by Gasteiger charge is -2.19. The van der Waals surface area contributed by atoms with Crippen molar-refractivity contribution in [3.05, 3.63) is 48.3 Å². The van der Waals surface area contributed by atoms with Crippen molar-refractivity contribution in [3.8, 4) is 11.5 Å². The molecule has 1 aliphatic rings. The summed E-state index contributed by atoms with van der Waals surface area (Å²) in [7, 11) is 2.08. The van der Waals surface area contributed by atoms with Gasteiger partial charge in [-0.25, -0.2) is 0 Å². The molecule has 4 nitrogen and oxygen atoms in total. The van der Waals surface area contributed by atoms with Gasteiger partial charge in [0.2, 0.25) is 6.79 Å². The molecule has 0 saturated heterocycles. The second-order valence-electron chi connectivity index (χ2n) is 4.56. The first-order chi connectivity index (χ1) is 9.33. The van der Waals surface area contributed by atoms with Crippen LogP contribution in [-0.2, 0) is 6.42 Å². The van der Waals surface area contributed by atoms with E-state index < -0.39 is 0 Å². The lowest BCUT2D eigenvalue weighted by molar-refractivity contribution is 0.174. The number of hydrogen-bond donors (Lipinski definition) is 0. The summed E-state index contributed by atoms with van der Waals surface area (Å²) >= 11 is 0. The Bertz CT molecular complexity index is 557. The molecule has 19 heavy (non-hydrogen) atoms. The molecule has 0 amide bonds. The van der Waals surface area contributed by atoms with Crippen LogP contribution in [0, 0.1) is 0 Å². The number of pyridine rings is 1. The first-order valence-corrected chi connectivity index (χ1v) is 6.32. The summed E-state index contributed by atoms with van der Waals surface area (Å²) in [5, 5.41) is 0. The van der Waals surface area contributed by atoms with Gasteiger partial charge in [-0.3, -0.25) is 4.98 Å². The molecule has 0 unspecified atom stereocenters. The van der Waals surface area contributed by atoms with Crippen LogP contribution in [0.1, 0.15) is 5.56 Å². The zero-order chi connectivity index (χ0) is 13.1. The number of aromatic nitrogens is 1. The predicted octanol–water partition coefficient (Wildman–Crippen LogP) is 2.49. The zero-order valence-electron chi connectivity index (χ0n) is 10.9. The van der Waals surface area contributed by atoms with E-state index in [9.17, 15) is 0 Å². The number of anilines is 1.